The van der Waals surface area contributed by atoms with Gasteiger partial charge in [-0.2, -0.15) is 5.10 Å². The van der Waals surface area contributed by atoms with Crippen molar-refractivity contribution in [2.45, 2.75) is 13.0 Å². The summed E-state index contributed by atoms with van der Waals surface area (Å²) in [6.45, 7) is 1.57. The highest BCUT2D eigenvalue weighted by Gasteiger charge is 2.16. The normalized spacial score (nSPS) is 11.7. The quantitative estimate of drug-likeness (QED) is 0.848. The van der Waals surface area contributed by atoms with Crippen molar-refractivity contribution in [3.8, 4) is 5.69 Å². The number of ether oxygens (including phenoxy) is 1. The fraction of sp³-hybridized carbons (Fsp3) is 0.214. The van der Waals surface area contributed by atoms with E-state index in [0.717, 1.165) is 5.69 Å². The van der Waals surface area contributed by atoms with E-state index in [1.54, 1.807) is 42.1 Å². The van der Waals surface area contributed by atoms with Crippen LogP contribution in [0, 0.1) is 0 Å². The van der Waals surface area contributed by atoms with E-state index in [2.05, 4.69) is 15.2 Å². The van der Waals surface area contributed by atoms with Crippen molar-refractivity contribution in [1.29, 1.82) is 0 Å². The lowest BCUT2D eigenvalue weighted by Gasteiger charge is -2.11. The van der Waals surface area contributed by atoms with Crippen molar-refractivity contribution < 1.29 is 14.3 Å². The maximum absolute atomic E-state index is 11.9. The Balaban J connectivity index is 2.06. The molecule has 1 aromatic heterocycles. The summed E-state index contributed by atoms with van der Waals surface area (Å²) >= 11 is 0. The van der Waals surface area contributed by atoms with Crippen molar-refractivity contribution >= 4 is 11.9 Å². The number of nitrogens with one attached hydrogen (secondary N) is 1. The van der Waals surface area contributed by atoms with Gasteiger partial charge in [-0.25, -0.2) is 9.48 Å². The van der Waals surface area contributed by atoms with Gasteiger partial charge in [0.2, 0.25) is 0 Å². The zero-order valence-electron chi connectivity index (χ0n) is 11.2. The molecule has 1 aromatic carbocycles. The molecule has 104 valence electrons. The number of hydrogen-bond acceptors (Lipinski definition) is 4. The van der Waals surface area contributed by atoms with Gasteiger partial charge < -0.3 is 10.1 Å². The van der Waals surface area contributed by atoms with Crippen LogP contribution in [0.2, 0.25) is 0 Å². The Labute approximate surface area is 116 Å². The fourth-order valence-electron chi connectivity index (χ4n) is 1.70. The maximum atomic E-state index is 11.9. The number of carbonyl (C=O) groups excluding carboxylic acids is 2. The minimum Gasteiger partial charge on any atom is -0.467 e. The molecule has 0 radical (unpaired) electrons. The fourth-order valence-corrected chi connectivity index (χ4v) is 1.70. The van der Waals surface area contributed by atoms with Gasteiger partial charge in [-0.1, -0.05) is 0 Å². The minimum absolute atomic E-state index is 0.324. The molecule has 0 saturated heterocycles. The molecule has 6 nitrogen and oxygen atoms in total. The molecule has 20 heavy (non-hydrogen) atoms. The molecule has 1 heterocycles. The van der Waals surface area contributed by atoms with E-state index in [-0.39, 0.29) is 5.91 Å². The summed E-state index contributed by atoms with van der Waals surface area (Å²) in [5.41, 5.74) is 1.32. The molecule has 1 atom stereocenters. The molecule has 0 aliphatic heterocycles. The van der Waals surface area contributed by atoms with E-state index in [9.17, 15) is 9.59 Å². The molecule has 6 heteroatoms. The minimum atomic E-state index is -0.682. The molecule has 0 spiro atoms. The standard InChI is InChI=1S/C14H15N3O3/c1-10(14(19)20-2)16-13(18)11-4-6-12(7-5-11)17-9-3-8-15-17/h3-10H,1-2H3,(H,16,18)/t10-/m0/s1. The van der Waals surface area contributed by atoms with Crippen LogP contribution in [0.1, 0.15) is 17.3 Å². The van der Waals surface area contributed by atoms with Crippen LogP contribution in [0.3, 0.4) is 0 Å². The topological polar surface area (TPSA) is 73.2 Å². The number of hydrogen-bond donors (Lipinski definition) is 1. The number of carbonyl (C=O) groups is 2. The molecule has 2 rings (SSSR count). The van der Waals surface area contributed by atoms with Gasteiger partial charge in [0.05, 0.1) is 12.8 Å². The first-order chi connectivity index (χ1) is 9.61. The number of esters is 1. The van der Waals surface area contributed by atoms with Gasteiger partial charge >= 0.3 is 5.97 Å². The van der Waals surface area contributed by atoms with Gasteiger partial charge in [-0.05, 0) is 37.3 Å². The summed E-state index contributed by atoms with van der Waals surface area (Å²) in [4.78, 5) is 23.2. The Hall–Kier alpha value is -2.63. The van der Waals surface area contributed by atoms with Crippen molar-refractivity contribution in [3.63, 3.8) is 0 Å². The predicted molar refractivity (Wildman–Crippen MR) is 72.5 cm³/mol. The average Bonchev–Trinajstić information content (AvgIpc) is 3.00. The highest BCUT2D eigenvalue weighted by Crippen LogP contribution is 2.08. The van der Waals surface area contributed by atoms with Crippen LogP contribution >= 0.6 is 0 Å². The molecule has 0 aliphatic carbocycles. The Kier molecular flexibility index (Phi) is 4.14. The molecular formula is C14H15N3O3. The third-order valence-corrected chi connectivity index (χ3v) is 2.80. The largest absolute Gasteiger partial charge is 0.467 e. The average molecular weight is 273 g/mol. The van der Waals surface area contributed by atoms with Crippen LogP contribution in [-0.2, 0) is 9.53 Å². The van der Waals surface area contributed by atoms with E-state index >= 15 is 0 Å². The lowest BCUT2D eigenvalue weighted by atomic mass is 10.2. The van der Waals surface area contributed by atoms with E-state index in [1.807, 2.05) is 12.3 Å². The smallest absolute Gasteiger partial charge is 0.328 e. The molecule has 1 N–H and O–H groups in total. The lowest BCUT2D eigenvalue weighted by molar-refractivity contribution is -0.142. The molecule has 1 amide bonds. The van der Waals surface area contributed by atoms with E-state index in [4.69, 9.17) is 0 Å². The van der Waals surface area contributed by atoms with E-state index in [1.165, 1.54) is 7.11 Å². The van der Waals surface area contributed by atoms with Gasteiger partial charge in [0, 0.05) is 18.0 Å². The molecule has 2 aromatic rings. The summed E-state index contributed by atoms with van der Waals surface area (Å²) in [5, 5.41) is 6.66. The Bertz CT molecular complexity index is 591. The molecular weight excluding hydrogens is 258 g/mol. The third-order valence-electron chi connectivity index (χ3n) is 2.80. The van der Waals surface area contributed by atoms with Crippen LogP contribution in [0.4, 0.5) is 0 Å². The first kappa shape index (κ1) is 13.8. The predicted octanol–water partition coefficient (Wildman–Crippen LogP) is 1.16. The van der Waals surface area contributed by atoms with E-state index < -0.39 is 12.0 Å². The number of amides is 1. The van der Waals surface area contributed by atoms with Gasteiger partial charge in [0.1, 0.15) is 6.04 Å². The molecule has 0 unspecified atom stereocenters. The van der Waals surface area contributed by atoms with Crippen LogP contribution in [-0.4, -0.2) is 34.8 Å². The van der Waals surface area contributed by atoms with Crippen LogP contribution < -0.4 is 5.32 Å². The summed E-state index contributed by atoms with van der Waals surface area (Å²) in [6.07, 6.45) is 3.49. The third kappa shape index (κ3) is 3.03. The second-order valence-corrected chi connectivity index (χ2v) is 4.22. The van der Waals surface area contributed by atoms with Gasteiger partial charge in [0.15, 0.2) is 0 Å². The highest BCUT2D eigenvalue weighted by molar-refractivity contribution is 5.96. The number of aromatic nitrogens is 2. The van der Waals surface area contributed by atoms with Crippen LogP contribution in [0.15, 0.2) is 42.7 Å². The van der Waals surface area contributed by atoms with Crippen LogP contribution in [0.25, 0.3) is 5.69 Å². The van der Waals surface area contributed by atoms with Crippen molar-refractivity contribution in [2.75, 3.05) is 7.11 Å². The number of nitrogens with zero attached hydrogens (tertiary/aromatic N) is 2. The monoisotopic (exact) mass is 273 g/mol. The molecule has 0 fully saturated rings. The van der Waals surface area contributed by atoms with Gasteiger partial charge in [-0.3, -0.25) is 4.79 Å². The maximum Gasteiger partial charge on any atom is 0.328 e. The Morgan fingerprint density at radius 1 is 1.30 bits per heavy atom. The second kappa shape index (κ2) is 6.01. The number of benzene rings is 1. The van der Waals surface area contributed by atoms with Crippen LogP contribution in [0.5, 0.6) is 0 Å². The number of rotatable bonds is 4. The first-order valence-electron chi connectivity index (χ1n) is 6.10. The molecule has 0 bridgehead atoms. The highest BCUT2D eigenvalue weighted by atomic mass is 16.5. The zero-order valence-corrected chi connectivity index (χ0v) is 11.2. The molecule has 0 saturated carbocycles. The van der Waals surface area contributed by atoms with Gasteiger partial charge in [0.25, 0.3) is 5.91 Å². The second-order valence-electron chi connectivity index (χ2n) is 4.22. The SMILES string of the molecule is COC(=O)[C@H](C)NC(=O)c1ccc(-n2cccn2)cc1. The lowest BCUT2D eigenvalue weighted by Crippen LogP contribution is -2.39. The number of methoxy groups -OCH3 is 1. The van der Waals surface area contributed by atoms with Crippen molar-refractivity contribution in [2.24, 2.45) is 0 Å². The summed E-state index contributed by atoms with van der Waals surface area (Å²) in [7, 11) is 1.28. The first-order valence-corrected chi connectivity index (χ1v) is 6.10. The van der Waals surface area contributed by atoms with E-state index in [0.29, 0.717) is 5.56 Å². The zero-order chi connectivity index (χ0) is 14.5. The summed E-state index contributed by atoms with van der Waals surface area (Å²) < 4.78 is 6.24. The van der Waals surface area contributed by atoms with Gasteiger partial charge in [-0.15, -0.1) is 0 Å². The molecule has 0 aliphatic rings. The Morgan fingerprint density at radius 3 is 2.55 bits per heavy atom. The van der Waals surface area contributed by atoms with Crippen molar-refractivity contribution in [3.05, 3.63) is 48.3 Å². The summed E-state index contributed by atoms with van der Waals surface area (Å²) in [6, 6.07) is 8.05. The van der Waals surface area contributed by atoms with Crippen molar-refractivity contribution in [1.82, 2.24) is 15.1 Å². The Morgan fingerprint density at radius 2 is 2.00 bits per heavy atom. The summed E-state index contributed by atoms with van der Waals surface area (Å²) in [5.74, 6) is -0.804.